The molecule has 0 spiro atoms. The Bertz CT molecular complexity index is 977. The van der Waals surface area contributed by atoms with Gasteiger partial charge in [0.05, 0.1) is 12.2 Å². The summed E-state index contributed by atoms with van der Waals surface area (Å²) in [5.41, 5.74) is 2.70. The van der Waals surface area contributed by atoms with Crippen molar-refractivity contribution in [3.8, 4) is 5.82 Å². The Morgan fingerprint density at radius 2 is 2.07 bits per heavy atom. The van der Waals surface area contributed by atoms with Gasteiger partial charge in [-0.05, 0) is 31.0 Å². The van der Waals surface area contributed by atoms with Gasteiger partial charge in [-0.3, -0.25) is 9.36 Å². The van der Waals surface area contributed by atoms with Crippen molar-refractivity contribution in [1.29, 1.82) is 0 Å². The fourth-order valence-electron chi connectivity index (χ4n) is 2.91. The Morgan fingerprint density at radius 3 is 2.72 bits per heavy atom. The minimum Gasteiger partial charge on any atom is -0.460 e. The van der Waals surface area contributed by atoms with E-state index in [4.69, 9.17) is 9.47 Å². The number of rotatable bonds is 8. The normalized spacial score (nSPS) is 10.7. The summed E-state index contributed by atoms with van der Waals surface area (Å²) >= 11 is 0. The lowest BCUT2D eigenvalue weighted by atomic mass is 10.1. The third-order valence-electron chi connectivity index (χ3n) is 4.42. The number of aromatic nitrogens is 4. The van der Waals surface area contributed by atoms with Crippen LogP contribution in [0.15, 0.2) is 37.1 Å². The lowest BCUT2D eigenvalue weighted by Crippen LogP contribution is -2.24. The third-order valence-corrected chi connectivity index (χ3v) is 4.42. The molecular formula is C20H23N5O4. The van der Waals surface area contributed by atoms with Crippen molar-refractivity contribution in [2.75, 3.05) is 20.3 Å². The summed E-state index contributed by atoms with van der Waals surface area (Å²) in [5, 5.41) is 2.84. The monoisotopic (exact) mass is 397 g/mol. The van der Waals surface area contributed by atoms with E-state index in [1.165, 1.54) is 7.11 Å². The molecule has 3 aromatic heterocycles. The number of H-pyrrole nitrogens is 1. The summed E-state index contributed by atoms with van der Waals surface area (Å²) in [6, 6.07) is 3.73. The van der Waals surface area contributed by atoms with Gasteiger partial charge in [0.1, 0.15) is 24.4 Å². The molecule has 0 fully saturated rings. The maximum absolute atomic E-state index is 12.6. The number of hydrogen-bond acceptors (Lipinski definition) is 6. The number of nitrogens with zero attached hydrogens (tertiary/aromatic N) is 3. The number of aryl methyl sites for hydroxylation is 1. The number of aromatic amines is 1. The van der Waals surface area contributed by atoms with E-state index < -0.39 is 5.97 Å². The number of pyridine rings is 1. The maximum Gasteiger partial charge on any atom is 0.340 e. The Hall–Kier alpha value is -3.46. The highest BCUT2D eigenvalue weighted by atomic mass is 16.6. The molecule has 3 rings (SSSR count). The first-order valence-corrected chi connectivity index (χ1v) is 9.08. The first-order valence-electron chi connectivity index (χ1n) is 9.08. The van der Waals surface area contributed by atoms with Crippen molar-refractivity contribution in [3.05, 3.63) is 65.1 Å². The molecule has 3 aromatic rings. The van der Waals surface area contributed by atoms with Gasteiger partial charge in [-0.1, -0.05) is 6.07 Å². The molecule has 1 amide bonds. The Kier molecular flexibility index (Phi) is 6.40. The number of methoxy groups -OCH3 is 1. The van der Waals surface area contributed by atoms with Gasteiger partial charge in [-0.15, -0.1) is 0 Å². The van der Waals surface area contributed by atoms with Crippen LogP contribution in [0.2, 0.25) is 0 Å². The van der Waals surface area contributed by atoms with Crippen LogP contribution < -0.4 is 5.32 Å². The lowest BCUT2D eigenvalue weighted by molar-refractivity contribution is 0.0387. The molecule has 0 atom stereocenters. The van der Waals surface area contributed by atoms with Gasteiger partial charge >= 0.3 is 5.97 Å². The Balaban J connectivity index is 1.63. The van der Waals surface area contributed by atoms with E-state index in [0.29, 0.717) is 35.7 Å². The molecule has 29 heavy (non-hydrogen) atoms. The molecule has 0 bridgehead atoms. The zero-order valence-corrected chi connectivity index (χ0v) is 16.6. The second kappa shape index (κ2) is 9.16. The summed E-state index contributed by atoms with van der Waals surface area (Å²) in [5.74, 6) is -0.0445. The summed E-state index contributed by atoms with van der Waals surface area (Å²) in [6.07, 6.45) is 6.84. The van der Waals surface area contributed by atoms with Gasteiger partial charge in [-0.25, -0.2) is 14.8 Å². The SMILES string of the molecule is COCCOC(=O)c1c(C)[nH]c(C(=O)NCc2ccc(-n3ccnc3)nc2)c1C. The van der Waals surface area contributed by atoms with E-state index in [1.807, 2.05) is 12.1 Å². The minimum atomic E-state index is -0.480. The van der Waals surface area contributed by atoms with Gasteiger partial charge < -0.3 is 19.8 Å². The summed E-state index contributed by atoms with van der Waals surface area (Å²) in [7, 11) is 1.53. The second-order valence-corrected chi connectivity index (χ2v) is 6.43. The zero-order chi connectivity index (χ0) is 20.8. The van der Waals surface area contributed by atoms with E-state index in [-0.39, 0.29) is 12.5 Å². The lowest BCUT2D eigenvalue weighted by Gasteiger charge is -2.07. The van der Waals surface area contributed by atoms with Crippen molar-refractivity contribution in [2.45, 2.75) is 20.4 Å². The van der Waals surface area contributed by atoms with Gasteiger partial charge in [0, 0.05) is 37.9 Å². The highest BCUT2D eigenvalue weighted by molar-refractivity contribution is 6.00. The molecule has 0 aliphatic rings. The fourth-order valence-corrected chi connectivity index (χ4v) is 2.91. The molecule has 2 N–H and O–H groups in total. The summed E-state index contributed by atoms with van der Waals surface area (Å²) in [6.45, 7) is 4.22. The van der Waals surface area contributed by atoms with E-state index >= 15 is 0 Å². The molecule has 0 aromatic carbocycles. The van der Waals surface area contributed by atoms with Gasteiger partial charge in [0.25, 0.3) is 5.91 Å². The number of esters is 1. The summed E-state index contributed by atoms with van der Waals surface area (Å²) in [4.78, 5) is 36.2. The highest BCUT2D eigenvalue weighted by Gasteiger charge is 2.22. The second-order valence-electron chi connectivity index (χ2n) is 6.43. The van der Waals surface area contributed by atoms with Crippen molar-refractivity contribution < 1.29 is 19.1 Å². The van der Waals surface area contributed by atoms with Gasteiger partial charge in [0.15, 0.2) is 0 Å². The smallest absolute Gasteiger partial charge is 0.340 e. The van der Waals surface area contributed by atoms with Crippen LogP contribution >= 0.6 is 0 Å². The zero-order valence-electron chi connectivity index (χ0n) is 16.6. The molecule has 0 aliphatic carbocycles. The first-order chi connectivity index (χ1) is 14.0. The van der Waals surface area contributed by atoms with E-state index in [9.17, 15) is 9.59 Å². The predicted molar refractivity (Wildman–Crippen MR) is 105 cm³/mol. The van der Waals surface area contributed by atoms with Gasteiger partial charge in [0.2, 0.25) is 0 Å². The molecule has 0 unspecified atom stereocenters. The third kappa shape index (κ3) is 4.69. The van der Waals surface area contributed by atoms with Crippen LogP contribution in [-0.2, 0) is 16.0 Å². The van der Waals surface area contributed by atoms with E-state index in [1.54, 1.807) is 43.3 Å². The van der Waals surface area contributed by atoms with Crippen molar-refractivity contribution in [1.82, 2.24) is 24.8 Å². The number of ether oxygens (including phenoxy) is 2. The number of amides is 1. The molecule has 152 valence electrons. The standard InChI is InChI=1S/C20H23N5O4/c1-13-17(20(27)29-9-8-28-3)14(2)24-18(13)19(26)23-11-15-4-5-16(22-10-15)25-7-6-21-12-25/h4-7,10,12,24H,8-9,11H2,1-3H3,(H,23,26). The van der Waals surface area contributed by atoms with E-state index in [2.05, 4.69) is 20.3 Å². The van der Waals surface area contributed by atoms with Crippen LogP contribution in [0.4, 0.5) is 0 Å². The van der Waals surface area contributed by atoms with Crippen molar-refractivity contribution >= 4 is 11.9 Å². The molecule has 9 nitrogen and oxygen atoms in total. The molecule has 9 heteroatoms. The molecule has 0 radical (unpaired) electrons. The molecular weight excluding hydrogens is 374 g/mol. The number of hydrogen-bond donors (Lipinski definition) is 2. The van der Waals surface area contributed by atoms with Crippen LogP contribution in [0.25, 0.3) is 5.82 Å². The molecule has 0 saturated carbocycles. The van der Waals surface area contributed by atoms with Crippen molar-refractivity contribution in [3.63, 3.8) is 0 Å². The number of carbonyl (C=O) groups is 2. The molecule has 0 saturated heterocycles. The molecule has 3 heterocycles. The van der Waals surface area contributed by atoms with Crippen LogP contribution in [0.5, 0.6) is 0 Å². The fraction of sp³-hybridized carbons (Fsp3) is 0.300. The Labute approximate surface area is 168 Å². The first kappa shape index (κ1) is 20.3. The number of imidazole rings is 1. The summed E-state index contributed by atoms with van der Waals surface area (Å²) < 4.78 is 11.8. The van der Waals surface area contributed by atoms with E-state index in [0.717, 1.165) is 11.4 Å². The predicted octanol–water partition coefficient (Wildman–Crippen LogP) is 1.95. The Morgan fingerprint density at radius 1 is 1.24 bits per heavy atom. The maximum atomic E-state index is 12.6. The number of nitrogens with one attached hydrogen (secondary N) is 2. The highest BCUT2D eigenvalue weighted by Crippen LogP contribution is 2.19. The van der Waals surface area contributed by atoms with Crippen molar-refractivity contribution in [2.24, 2.45) is 0 Å². The van der Waals surface area contributed by atoms with Gasteiger partial charge in [-0.2, -0.15) is 0 Å². The topological polar surface area (TPSA) is 111 Å². The average Bonchev–Trinajstić information content (AvgIpc) is 3.35. The minimum absolute atomic E-state index is 0.156. The number of carbonyl (C=O) groups excluding carboxylic acids is 2. The quantitative estimate of drug-likeness (QED) is 0.444. The van der Waals surface area contributed by atoms with Crippen LogP contribution in [0.3, 0.4) is 0 Å². The van der Waals surface area contributed by atoms with Crippen LogP contribution in [0, 0.1) is 13.8 Å². The average molecular weight is 397 g/mol. The van der Waals surface area contributed by atoms with Crippen LogP contribution in [0.1, 0.15) is 37.7 Å². The molecule has 0 aliphatic heterocycles. The largest absolute Gasteiger partial charge is 0.460 e. The van der Waals surface area contributed by atoms with Crippen LogP contribution in [-0.4, -0.2) is 51.7 Å².